The molecule has 0 aliphatic rings. The summed E-state index contributed by atoms with van der Waals surface area (Å²) in [5.74, 6) is -0.246. The fourth-order valence-electron chi connectivity index (χ4n) is 1.88. The van der Waals surface area contributed by atoms with Crippen molar-refractivity contribution < 1.29 is 9.59 Å². The Morgan fingerprint density at radius 1 is 1.05 bits per heavy atom. The van der Waals surface area contributed by atoms with Gasteiger partial charge in [0.15, 0.2) is 0 Å². The molecule has 1 aromatic carbocycles. The number of hydrogen-bond acceptors (Lipinski definition) is 3. The van der Waals surface area contributed by atoms with Gasteiger partial charge in [-0.3, -0.25) is 14.5 Å². The summed E-state index contributed by atoms with van der Waals surface area (Å²) in [5, 5.41) is 5.36. The van der Waals surface area contributed by atoms with Crippen LogP contribution in [-0.4, -0.2) is 43.9 Å². The molecule has 21 heavy (non-hydrogen) atoms. The number of nitrogens with one attached hydrogen (secondary N) is 2. The average molecular weight is 291 g/mol. The second kappa shape index (κ2) is 7.22. The van der Waals surface area contributed by atoms with Crippen molar-refractivity contribution in [2.45, 2.75) is 26.2 Å². The fourth-order valence-corrected chi connectivity index (χ4v) is 1.88. The van der Waals surface area contributed by atoms with Gasteiger partial charge >= 0.3 is 0 Å². The van der Waals surface area contributed by atoms with E-state index in [-0.39, 0.29) is 30.3 Å². The predicted molar refractivity (Wildman–Crippen MR) is 85.3 cm³/mol. The van der Waals surface area contributed by atoms with Gasteiger partial charge in [-0.25, -0.2) is 0 Å². The third-order valence-electron chi connectivity index (χ3n) is 3.14. The number of benzene rings is 1. The monoisotopic (exact) mass is 291 g/mol. The maximum absolute atomic E-state index is 11.9. The van der Waals surface area contributed by atoms with E-state index in [1.807, 2.05) is 24.3 Å². The zero-order valence-corrected chi connectivity index (χ0v) is 13.5. The van der Waals surface area contributed by atoms with Crippen molar-refractivity contribution in [2.24, 2.45) is 0 Å². The highest BCUT2D eigenvalue weighted by Crippen LogP contribution is 2.23. The smallest absolute Gasteiger partial charge is 0.238 e. The van der Waals surface area contributed by atoms with E-state index in [1.54, 1.807) is 19.0 Å². The Bertz CT molecular complexity index is 489. The number of rotatable bonds is 5. The van der Waals surface area contributed by atoms with Crippen LogP contribution in [0.25, 0.3) is 0 Å². The van der Waals surface area contributed by atoms with E-state index >= 15 is 0 Å². The number of nitrogens with zero attached hydrogens (tertiary/aromatic N) is 1. The molecule has 2 amide bonds. The SMILES string of the molecule is CNC(=O)CN(C)CC(=O)Nc1ccc(C(C)(C)C)cc1. The van der Waals surface area contributed by atoms with Crippen LogP contribution >= 0.6 is 0 Å². The molecule has 0 unspecified atom stereocenters. The van der Waals surface area contributed by atoms with Gasteiger partial charge in [-0.15, -0.1) is 0 Å². The molecule has 0 bridgehead atoms. The maximum atomic E-state index is 11.9. The van der Waals surface area contributed by atoms with Crippen LogP contribution in [-0.2, 0) is 15.0 Å². The molecule has 0 saturated carbocycles. The maximum Gasteiger partial charge on any atom is 0.238 e. The zero-order valence-electron chi connectivity index (χ0n) is 13.5. The third kappa shape index (κ3) is 5.95. The Morgan fingerprint density at radius 3 is 2.05 bits per heavy atom. The van der Waals surface area contributed by atoms with Gasteiger partial charge in [0, 0.05) is 12.7 Å². The van der Waals surface area contributed by atoms with E-state index in [2.05, 4.69) is 31.4 Å². The summed E-state index contributed by atoms with van der Waals surface area (Å²) >= 11 is 0. The molecule has 0 heterocycles. The number of carbonyl (C=O) groups is 2. The summed E-state index contributed by atoms with van der Waals surface area (Å²) in [6.45, 7) is 6.82. The lowest BCUT2D eigenvalue weighted by atomic mass is 9.87. The van der Waals surface area contributed by atoms with Crippen molar-refractivity contribution in [3.8, 4) is 0 Å². The van der Waals surface area contributed by atoms with Crippen LogP contribution in [0.3, 0.4) is 0 Å². The van der Waals surface area contributed by atoms with Crippen LogP contribution in [0.1, 0.15) is 26.3 Å². The lowest BCUT2D eigenvalue weighted by molar-refractivity contribution is -0.122. The largest absolute Gasteiger partial charge is 0.358 e. The van der Waals surface area contributed by atoms with Crippen LogP contribution in [0, 0.1) is 0 Å². The molecular formula is C16H25N3O2. The minimum atomic E-state index is -0.134. The van der Waals surface area contributed by atoms with Crippen LogP contribution in [0.2, 0.25) is 0 Å². The lowest BCUT2D eigenvalue weighted by Gasteiger charge is -2.19. The molecule has 0 aliphatic heterocycles. The molecule has 5 heteroatoms. The number of carbonyl (C=O) groups excluding carboxylic acids is 2. The molecule has 0 fully saturated rings. The Labute approximate surface area is 126 Å². The summed E-state index contributed by atoms with van der Waals surface area (Å²) in [7, 11) is 3.31. The minimum Gasteiger partial charge on any atom is -0.358 e. The van der Waals surface area contributed by atoms with E-state index in [1.165, 1.54) is 5.56 Å². The highest BCUT2D eigenvalue weighted by atomic mass is 16.2. The molecule has 0 saturated heterocycles. The quantitative estimate of drug-likeness (QED) is 0.866. The second-order valence-electron chi connectivity index (χ2n) is 6.22. The normalized spacial score (nSPS) is 11.3. The summed E-state index contributed by atoms with van der Waals surface area (Å²) in [4.78, 5) is 24.8. The van der Waals surface area contributed by atoms with Crippen molar-refractivity contribution in [3.05, 3.63) is 29.8 Å². The van der Waals surface area contributed by atoms with E-state index in [0.29, 0.717) is 0 Å². The van der Waals surface area contributed by atoms with Crippen molar-refractivity contribution in [1.82, 2.24) is 10.2 Å². The summed E-state index contributed by atoms with van der Waals surface area (Å²) in [6.07, 6.45) is 0. The van der Waals surface area contributed by atoms with Gasteiger partial charge in [0.25, 0.3) is 0 Å². The molecule has 2 N–H and O–H groups in total. The first-order valence-corrected chi connectivity index (χ1v) is 7.02. The predicted octanol–water partition coefficient (Wildman–Crippen LogP) is 1.60. The van der Waals surface area contributed by atoms with E-state index < -0.39 is 0 Å². The van der Waals surface area contributed by atoms with Gasteiger partial charge in [0.1, 0.15) is 0 Å². The molecule has 0 aliphatic carbocycles. The van der Waals surface area contributed by atoms with Crippen LogP contribution < -0.4 is 10.6 Å². The Hall–Kier alpha value is -1.88. The van der Waals surface area contributed by atoms with Crippen molar-refractivity contribution in [2.75, 3.05) is 32.5 Å². The first-order valence-electron chi connectivity index (χ1n) is 7.02. The molecule has 5 nitrogen and oxygen atoms in total. The van der Waals surface area contributed by atoms with Gasteiger partial charge in [-0.05, 0) is 30.2 Å². The highest BCUT2D eigenvalue weighted by Gasteiger charge is 2.14. The molecule has 116 valence electrons. The molecule has 1 rings (SSSR count). The second-order valence-corrected chi connectivity index (χ2v) is 6.22. The lowest BCUT2D eigenvalue weighted by Crippen LogP contribution is -2.37. The van der Waals surface area contributed by atoms with Crippen molar-refractivity contribution >= 4 is 17.5 Å². The first-order chi connectivity index (χ1) is 9.72. The molecule has 0 atom stereocenters. The van der Waals surface area contributed by atoms with E-state index in [0.717, 1.165) is 5.69 Å². The topological polar surface area (TPSA) is 61.4 Å². The van der Waals surface area contributed by atoms with Gasteiger partial charge in [-0.2, -0.15) is 0 Å². The first kappa shape index (κ1) is 17.2. The van der Waals surface area contributed by atoms with Gasteiger partial charge in [0.05, 0.1) is 13.1 Å². The van der Waals surface area contributed by atoms with E-state index in [9.17, 15) is 9.59 Å². The Morgan fingerprint density at radius 2 is 1.57 bits per heavy atom. The number of likely N-dealkylation sites (N-methyl/N-ethyl adjacent to an activating group) is 2. The van der Waals surface area contributed by atoms with Crippen molar-refractivity contribution in [3.63, 3.8) is 0 Å². The summed E-state index contributed by atoms with van der Waals surface area (Å²) in [5.41, 5.74) is 2.08. The molecule has 0 aromatic heterocycles. The average Bonchev–Trinajstić information content (AvgIpc) is 2.37. The summed E-state index contributed by atoms with van der Waals surface area (Å²) in [6, 6.07) is 7.84. The Balaban J connectivity index is 2.53. The standard InChI is InChI=1S/C16H25N3O2/c1-16(2,3)12-6-8-13(9-7-12)18-15(21)11-19(5)10-14(20)17-4/h6-9H,10-11H2,1-5H3,(H,17,20)(H,18,21). The number of anilines is 1. The molecule has 0 spiro atoms. The van der Waals surface area contributed by atoms with Crippen LogP contribution in [0.5, 0.6) is 0 Å². The minimum absolute atomic E-state index is 0.0935. The van der Waals surface area contributed by atoms with Gasteiger partial charge < -0.3 is 10.6 Å². The fraction of sp³-hybridized carbons (Fsp3) is 0.500. The van der Waals surface area contributed by atoms with Gasteiger partial charge in [-0.1, -0.05) is 32.9 Å². The van der Waals surface area contributed by atoms with Crippen LogP contribution in [0.15, 0.2) is 24.3 Å². The van der Waals surface area contributed by atoms with E-state index in [4.69, 9.17) is 0 Å². The number of hydrogen-bond donors (Lipinski definition) is 2. The highest BCUT2D eigenvalue weighted by molar-refractivity contribution is 5.92. The van der Waals surface area contributed by atoms with Crippen molar-refractivity contribution in [1.29, 1.82) is 0 Å². The zero-order chi connectivity index (χ0) is 16.0. The molecular weight excluding hydrogens is 266 g/mol. The van der Waals surface area contributed by atoms with Crippen LogP contribution in [0.4, 0.5) is 5.69 Å². The number of amides is 2. The summed E-state index contributed by atoms with van der Waals surface area (Å²) < 4.78 is 0. The van der Waals surface area contributed by atoms with Gasteiger partial charge in [0.2, 0.25) is 11.8 Å². The Kier molecular flexibility index (Phi) is 5.90. The molecule has 0 radical (unpaired) electrons. The molecule has 1 aromatic rings. The third-order valence-corrected chi connectivity index (χ3v) is 3.14.